The average molecular weight is 294 g/mol. The zero-order valence-corrected chi connectivity index (χ0v) is 11.8. The molecule has 0 bridgehead atoms. The average Bonchev–Trinajstić information content (AvgIpc) is 2.85. The van der Waals surface area contributed by atoms with Crippen LogP contribution in [0.1, 0.15) is 16.1 Å². The number of aromatic amines is 1. The van der Waals surface area contributed by atoms with Gasteiger partial charge in [-0.1, -0.05) is 0 Å². The zero-order chi connectivity index (χ0) is 14.8. The number of nitrogens with one attached hydrogen (secondary N) is 3. The Hall–Kier alpha value is -2.19. The van der Waals surface area contributed by atoms with Crippen LogP contribution in [0.2, 0.25) is 0 Å². The number of benzene rings is 1. The van der Waals surface area contributed by atoms with Crippen LogP contribution in [0.4, 0.5) is 5.69 Å². The number of amides is 1. The summed E-state index contributed by atoms with van der Waals surface area (Å²) < 4.78 is 25.3. The van der Waals surface area contributed by atoms with Gasteiger partial charge in [-0.2, -0.15) is 5.10 Å². The highest BCUT2D eigenvalue weighted by Crippen LogP contribution is 2.15. The normalized spacial score (nSPS) is 11.3. The van der Waals surface area contributed by atoms with Crippen LogP contribution in [-0.2, 0) is 10.0 Å². The molecule has 0 unspecified atom stereocenters. The molecule has 0 aliphatic rings. The fourth-order valence-corrected chi connectivity index (χ4v) is 2.34. The van der Waals surface area contributed by atoms with Gasteiger partial charge in [0.25, 0.3) is 5.91 Å². The standard InChI is InChI=1S/C12H14N4O3S/c1-8-11(7-14-16-8)12(17)15-9-3-5-10(6-4-9)20(18,19)13-2/h3-7,13H,1-2H3,(H,14,16)(H,15,17). The van der Waals surface area contributed by atoms with Crippen molar-refractivity contribution in [3.63, 3.8) is 0 Å². The van der Waals surface area contributed by atoms with Gasteiger partial charge in [-0.05, 0) is 38.2 Å². The number of aryl methyl sites for hydroxylation is 1. The van der Waals surface area contributed by atoms with E-state index in [-0.39, 0.29) is 10.8 Å². The van der Waals surface area contributed by atoms with Gasteiger partial charge >= 0.3 is 0 Å². The molecule has 0 aliphatic heterocycles. The van der Waals surface area contributed by atoms with Crippen molar-refractivity contribution in [1.29, 1.82) is 0 Å². The summed E-state index contributed by atoms with van der Waals surface area (Å²) in [6, 6.07) is 5.89. The van der Waals surface area contributed by atoms with Crippen LogP contribution in [0.5, 0.6) is 0 Å². The first-order valence-electron chi connectivity index (χ1n) is 5.79. The molecule has 106 valence electrons. The van der Waals surface area contributed by atoms with E-state index in [9.17, 15) is 13.2 Å². The molecular weight excluding hydrogens is 280 g/mol. The number of aromatic nitrogens is 2. The molecule has 7 nitrogen and oxygen atoms in total. The molecule has 2 rings (SSSR count). The minimum Gasteiger partial charge on any atom is -0.322 e. The van der Waals surface area contributed by atoms with Crippen molar-refractivity contribution in [2.45, 2.75) is 11.8 Å². The zero-order valence-electron chi connectivity index (χ0n) is 11.0. The van der Waals surface area contributed by atoms with Crippen molar-refractivity contribution in [1.82, 2.24) is 14.9 Å². The lowest BCUT2D eigenvalue weighted by molar-refractivity contribution is 0.102. The van der Waals surface area contributed by atoms with Crippen molar-refractivity contribution < 1.29 is 13.2 Å². The van der Waals surface area contributed by atoms with E-state index < -0.39 is 10.0 Å². The van der Waals surface area contributed by atoms with Crippen LogP contribution >= 0.6 is 0 Å². The molecule has 0 spiro atoms. The van der Waals surface area contributed by atoms with Gasteiger partial charge in [-0.25, -0.2) is 13.1 Å². The van der Waals surface area contributed by atoms with Crippen molar-refractivity contribution in [2.75, 3.05) is 12.4 Å². The third kappa shape index (κ3) is 2.86. The molecule has 0 fully saturated rings. The molecule has 20 heavy (non-hydrogen) atoms. The Balaban J connectivity index is 2.16. The van der Waals surface area contributed by atoms with Crippen LogP contribution in [0.3, 0.4) is 0 Å². The van der Waals surface area contributed by atoms with Gasteiger partial charge in [0.2, 0.25) is 10.0 Å². The Labute approximate surface area is 116 Å². The van der Waals surface area contributed by atoms with E-state index in [0.717, 1.165) is 0 Å². The lowest BCUT2D eigenvalue weighted by atomic mass is 10.2. The minimum absolute atomic E-state index is 0.137. The van der Waals surface area contributed by atoms with Crippen LogP contribution in [0.15, 0.2) is 35.4 Å². The Morgan fingerprint density at radius 3 is 2.40 bits per heavy atom. The monoisotopic (exact) mass is 294 g/mol. The number of H-pyrrole nitrogens is 1. The summed E-state index contributed by atoms with van der Waals surface area (Å²) in [7, 11) is -2.13. The van der Waals surface area contributed by atoms with E-state index in [1.165, 1.54) is 37.5 Å². The largest absolute Gasteiger partial charge is 0.322 e. The first-order chi connectivity index (χ1) is 9.44. The number of nitrogens with zero attached hydrogens (tertiary/aromatic N) is 1. The predicted octanol–water partition coefficient (Wildman–Crippen LogP) is 0.879. The minimum atomic E-state index is -3.47. The van der Waals surface area contributed by atoms with Gasteiger partial charge in [0.05, 0.1) is 16.7 Å². The van der Waals surface area contributed by atoms with E-state index in [1.807, 2.05) is 0 Å². The topological polar surface area (TPSA) is 104 Å². The molecule has 0 aliphatic carbocycles. The molecule has 0 atom stereocenters. The molecule has 8 heteroatoms. The summed E-state index contributed by atoms with van der Waals surface area (Å²) in [5.41, 5.74) is 1.61. The van der Waals surface area contributed by atoms with Crippen LogP contribution < -0.4 is 10.0 Å². The highest BCUT2D eigenvalue weighted by molar-refractivity contribution is 7.89. The maximum absolute atomic E-state index is 11.9. The van der Waals surface area contributed by atoms with Gasteiger partial charge in [0, 0.05) is 11.4 Å². The molecule has 0 radical (unpaired) electrons. The van der Waals surface area contributed by atoms with Gasteiger partial charge in [0.1, 0.15) is 0 Å². The lowest BCUT2D eigenvalue weighted by Crippen LogP contribution is -2.18. The summed E-state index contributed by atoms with van der Waals surface area (Å²) in [6.07, 6.45) is 1.44. The van der Waals surface area contributed by atoms with Crippen molar-refractivity contribution in [3.05, 3.63) is 41.7 Å². The molecule has 3 N–H and O–H groups in total. The number of anilines is 1. The Morgan fingerprint density at radius 1 is 1.25 bits per heavy atom. The van der Waals surface area contributed by atoms with E-state index in [2.05, 4.69) is 20.2 Å². The van der Waals surface area contributed by atoms with Crippen LogP contribution in [-0.4, -0.2) is 31.6 Å². The number of carbonyl (C=O) groups is 1. The van der Waals surface area contributed by atoms with Crippen molar-refractivity contribution >= 4 is 21.6 Å². The van der Waals surface area contributed by atoms with E-state index in [0.29, 0.717) is 16.9 Å². The Morgan fingerprint density at radius 2 is 1.90 bits per heavy atom. The van der Waals surface area contributed by atoms with Gasteiger partial charge in [0.15, 0.2) is 0 Å². The third-order valence-electron chi connectivity index (χ3n) is 2.77. The third-order valence-corrected chi connectivity index (χ3v) is 4.20. The van der Waals surface area contributed by atoms with E-state index in [4.69, 9.17) is 0 Å². The summed E-state index contributed by atoms with van der Waals surface area (Å²) >= 11 is 0. The van der Waals surface area contributed by atoms with Gasteiger partial charge in [-0.15, -0.1) is 0 Å². The first kappa shape index (κ1) is 14.2. The maximum atomic E-state index is 11.9. The SMILES string of the molecule is CNS(=O)(=O)c1ccc(NC(=O)c2cn[nH]c2C)cc1. The van der Waals surface area contributed by atoms with Gasteiger partial charge < -0.3 is 5.32 Å². The Bertz CT molecular complexity index is 719. The number of sulfonamides is 1. The van der Waals surface area contributed by atoms with Crippen LogP contribution in [0, 0.1) is 6.92 Å². The van der Waals surface area contributed by atoms with E-state index in [1.54, 1.807) is 6.92 Å². The molecule has 1 amide bonds. The first-order valence-corrected chi connectivity index (χ1v) is 7.27. The second-order valence-electron chi connectivity index (χ2n) is 4.09. The fourth-order valence-electron chi connectivity index (χ4n) is 1.61. The molecule has 1 aromatic carbocycles. The smallest absolute Gasteiger partial charge is 0.259 e. The number of rotatable bonds is 4. The van der Waals surface area contributed by atoms with E-state index >= 15 is 0 Å². The molecule has 1 aromatic heterocycles. The second kappa shape index (κ2) is 5.43. The number of carbonyl (C=O) groups excluding carboxylic acids is 1. The number of hydrogen-bond acceptors (Lipinski definition) is 4. The molecule has 0 saturated heterocycles. The Kier molecular flexibility index (Phi) is 3.86. The predicted molar refractivity (Wildman–Crippen MR) is 74.0 cm³/mol. The fraction of sp³-hybridized carbons (Fsp3) is 0.167. The summed E-state index contributed by atoms with van der Waals surface area (Å²) in [5.74, 6) is -0.305. The molecule has 0 saturated carbocycles. The quantitative estimate of drug-likeness (QED) is 0.778. The second-order valence-corrected chi connectivity index (χ2v) is 5.98. The summed E-state index contributed by atoms with van der Waals surface area (Å²) in [5, 5.41) is 9.11. The van der Waals surface area contributed by atoms with Crippen LogP contribution in [0.25, 0.3) is 0 Å². The molecular formula is C12H14N4O3S. The van der Waals surface area contributed by atoms with Crippen molar-refractivity contribution in [2.24, 2.45) is 0 Å². The maximum Gasteiger partial charge on any atom is 0.259 e. The summed E-state index contributed by atoms with van der Waals surface area (Å²) in [6.45, 7) is 1.74. The van der Waals surface area contributed by atoms with Gasteiger partial charge in [-0.3, -0.25) is 9.89 Å². The highest BCUT2D eigenvalue weighted by Gasteiger charge is 2.13. The molecule has 2 aromatic rings. The number of hydrogen-bond donors (Lipinski definition) is 3. The lowest BCUT2D eigenvalue weighted by Gasteiger charge is -2.06. The highest BCUT2D eigenvalue weighted by atomic mass is 32.2. The molecule has 1 heterocycles. The summed E-state index contributed by atoms with van der Waals surface area (Å²) in [4.78, 5) is 12.1. The van der Waals surface area contributed by atoms with Crippen molar-refractivity contribution in [3.8, 4) is 0 Å².